The summed E-state index contributed by atoms with van der Waals surface area (Å²) < 4.78 is 2.12. The van der Waals surface area contributed by atoms with Crippen LogP contribution in [-0.2, 0) is 13.1 Å². The molecule has 0 saturated heterocycles. The van der Waals surface area contributed by atoms with E-state index in [1.165, 1.54) is 10.8 Å². The van der Waals surface area contributed by atoms with Crippen LogP contribution in [0.15, 0.2) is 40.1 Å². The Kier molecular flexibility index (Phi) is 4.81. The molecule has 1 heterocycles. The van der Waals surface area contributed by atoms with Crippen LogP contribution in [0.1, 0.15) is 24.2 Å². The van der Waals surface area contributed by atoms with E-state index in [2.05, 4.69) is 0 Å². The lowest BCUT2D eigenvalue weighted by molar-refractivity contribution is 0.152. The fourth-order valence-corrected chi connectivity index (χ4v) is 2.31. The van der Waals surface area contributed by atoms with Crippen LogP contribution in [0.4, 0.5) is 0 Å². The maximum Gasteiger partial charge on any atom is 0.331 e. The molecule has 114 valence electrons. The zero-order chi connectivity index (χ0) is 16.3. The highest BCUT2D eigenvalue weighted by molar-refractivity contribution is 6.30. The summed E-state index contributed by atoms with van der Waals surface area (Å²) >= 11 is 5.86. The largest absolute Gasteiger partial charge is 0.387 e. The van der Waals surface area contributed by atoms with E-state index in [0.717, 1.165) is 4.57 Å². The first-order valence-electron chi connectivity index (χ1n) is 6.65. The molecular formula is C15H14ClN3O3. The highest BCUT2D eigenvalue weighted by Crippen LogP contribution is 2.18. The summed E-state index contributed by atoms with van der Waals surface area (Å²) in [4.78, 5) is 24.3. The van der Waals surface area contributed by atoms with Crippen molar-refractivity contribution in [3.05, 3.63) is 67.4 Å². The molecule has 6 nitrogen and oxygen atoms in total. The molecule has 0 aliphatic carbocycles. The summed E-state index contributed by atoms with van der Waals surface area (Å²) in [6, 6.07) is 8.29. The van der Waals surface area contributed by atoms with E-state index in [-0.39, 0.29) is 12.1 Å². The van der Waals surface area contributed by atoms with Gasteiger partial charge in [-0.05, 0) is 24.6 Å². The van der Waals surface area contributed by atoms with Crippen LogP contribution >= 0.6 is 11.6 Å². The predicted molar refractivity (Wildman–Crippen MR) is 81.8 cm³/mol. The minimum atomic E-state index is -1.08. The van der Waals surface area contributed by atoms with Gasteiger partial charge in [0.25, 0.3) is 5.56 Å². The van der Waals surface area contributed by atoms with Crippen molar-refractivity contribution in [2.24, 2.45) is 0 Å². The van der Waals surface area contributed by atoms with E-state index in [1.54, 1.807) is 37.3 Å². The normalized spacial score (nSPS) is 11.9. The molecule has 2 aromatic rings. The summed E-state index contributed by atoms with van der Waals surface area (Å²) in [5.41, 5.74) is -0.921. The first-order valence-corrected chi connectivity index (χ1v) is 7.03. The Morgan fingerprint density at radius 2 is 2.14 bits per heavy atom. The highest BCUT2D eigenvalue weighted by Gasteiger charge is 2.15. The Morgan fingerprint density at radius 3 is 2.73 bits per heavy atom. The van der Waals surface area contributed by atoms with Crippen LogP contribution in [0.25, 0.3) is 0 Å². The third-order valence-corrected chi connectivity index (χ3v) is 3.52. The highest BCUT2D eigenvalue weighted by atomic mass is 35.5. The van der Waals surface area contributed by atoms with Gasteiger partial charge in [0.15, 0.2) is 0 Å². The van der Waals surface area contributed by atoms with E-state index in [1.807, 2.05) is 0 Å². The van der Waals surface area contributed by atoms with Crippen molar-refractivity contribution in [3.63, 3.8) is 0 Å². The number of nitriles is 1. The lowest BCUT2D eigenvalue weighted by Gasteiger charge is -2.14. The van der Waals surface area contributed by atoms with Gasteiger partial charge < -0.3 is 5.11 Å². The maximum absolute atomic E-state index is 12.2. The minimum Gasteiger partial charge on any atom is -0.387 e. The lowest BCUT2D eigenvalue weighted by atomic mass is 10.1. The molecule has 0 fully saturated rings. The zero-order valence-corrected chi connectivity index (χ0v) is 12.6. The van der Waals surface area contributed by atoms with Crippen LogP contribution in [0.5, 0.6) is 0 Å². The molecule has 0 aliphatic heterocycles. The summed E-state index contributed by atoms with van der Waals surface area (Å²) in [6.07, 6.45) is 0.149. The molecule has 0 spiro atoms. The third kappa shape index (κ3) is 3.11. The Balaban J connectivity index is 2.47. The summed E-state index contributed by atoms with van der Waals surface area (Å²) in [7, 11) is 0. The minimum absolute atomic E-state index is 0.139. The SMILES string of the molecule is CCn1cc(C#N)c(=O)n(CC(O)c2cccc(Cl)c2)c1=O. The van der Waals surface area contributed by atoms with Gasteiger partial charge in [0.05, 0.1) is 12.6 Å². The van der Waals surface area contributed by atoms with Crippen LogP contribution in [0.3, 0.4) is 0 Å². The molecule has 0 saturated carbocycles. The number of aliphatic hydroxyl groups excluding tert-OH is 1. The summed E-state index contributed by atoms with van der Waals surface area (Å²) in [5, 5.41) is 19.7. The van der Waals surface area contributed by atoms with E-state index < -0.39 is 17.4 Å². The molecule has 1 aromatic heterocycles. The number of hydrogen-bond donors (Lipinski definition) is 1. The molecule has 2 rings (SSSR count). The molecule has 1 aromatic carbocycles. The van der Waals surface area contributed by atoms with E-state index >= 15 is 0 Å². The number of aromatic nitrogens is 2. The van der Waals surface area contributed by atoms with Gasteiger partial charge in [-0.3, -0.25) is 13.9 Å². The smallest absolute Gasteiger partial charge is 0.331 e. The van der Waals surface area contributed by atoms with Gasteiger partial charge >= 0.3 is 5.69 Å². The fourth-order valence-electron chi connectivity index (χ4n) is 2.11. The zero-order valence-electron chi connectivity index (χ0n) is 11.9. The van der Waals surface area contributed by atoms with Crippen molar-refractivity contribution < 1.29 is 5.11 Å². The maximum atomic E-state index is 12.2. The van der Waals surface area contributed by atoms with Crippen molar-refractivity contribution in [1.82, 2.24) is 9.13 Å². The molecule has 1 unspecified atom stereocenters. The van der Waals surface area contributed by atoms with Gasteiger partial charge in [-0.1, -0.05) is 23.7 Å². The number of rotatable bonds is 4. The van der Waals surface area contributed by atoms with E-state index in [0.29, 0.717) is 17.1 Å². The van der Waals surface area contributed by atoms with Gasteiger partial charge in [0.1, 0.15) is 11.6 Å². The summed E-state index contributed by atoms with van der Waals surface area (Å²) in [5.74, 6) is 0. The molecule has 0 amide bonds. The molecule has 1 atom stereocenters. The van der Waals surface area contributed by atoms with Gasteiger partial charge in [-0.25, -0.2) is 4.79 Å². The Labute approximate surface area is 131 Å². The number of hydrogen-bond acceptors (Lipinski definition) is 4. The second-order valence-corrected chi connectivity index (χ2v) is 5.15. The number of aliphatic hydroxyl groups is 1. The van der Waals surface area contributed by atoms with Crippen LogP contribution in [0.2, 0.25) is 5.02 Å². The molecule has 22 heavy (non-hydrogen) atoms. The summed E-state index contributed by atoms with van der Waals surface area (Å²) in [6.45, 7) is 1.80. The molecular weight excluding hydrogens is 306 g/mol. The van der Waals surface area contributed by atoms with Crippen LogP contribution in [0, 0.1) is 11.3 Å². The number of nitrogens with zero attached hydrogens (tertiary/aromatic N) is 3. The molecule has 0 aliphatic rings. The van der Waals surface area contributed by atoms with Crippen LogP contribution in [-0.4, -0.2) is 14.2 Å². The van der Waals surface area contributed by atoms with Gasteiger partial charge in [-0.2, -0.15) is 5.26 Å². The van der Waals surface area contributed by atoms with Gasteiger partial charge in [-0.15, -0.1) is 0 Å². The third-order valence-electron chi connectivity index (χ3n) is 3.29. The molecule has 7 heteroatoms. The standard InChI is InChI=1S/C15H14ClN3O3/c1-2-18-8-11(7-17)14(21)19(15(18)22)9-13(20)10-4-3-5-12(16)6-10/h3-6,8,13,20H,2,9H2,1H3. The van der Waals surface area contributed by atoms with Crippen molar-refractivity contribution in [3.8, 4) is 6.07 Å². The Bertz CT molecular complexity index is 848. The van der Waals surface area contributed by atoms with E-state index in [4.69, 9.17) is 16.9 Å². The van der Waals surface area contributed by atoms with Gasteiger partial charge in [0, 0.05) is 17.8 Å². The average Bonchev–Trinajstić information content (AvgIpc) is 2.51. The van der Waals surface area contributed by atoms with Crippen LogP contribution < -0.4 is 11.2 Å². The second-order valence-electron chi connectivity index (χ2n) is 4.71. The van der Waals surface area contributed by atoms with Crippen molar-refractivity contribution in [2.75, 3.05) is 0 Å². The fraction of sp³-hybridized carbons (Fsp3) is 0.267. The topological polar surface area (TPSA) is 88.0 Å². The van der Waals surface area contributed by atoms with Crippen molar-refractivity contribution >= 4 is 11.6 Å². The quantitative estimate of drug-likeness (QED) is 0.919. The Morgan fingerprint density at radius 1 is 1.41 bits per heavy atom. The Hall–Kier alpha value is -2.36. The average molecular weight is 320 g/mol. The first kappa shape index (κ1) is 16.0. The molecule has 1 N–H and O–H groups in total. The predicted octanol–water partition coefficient (Wildman–Crippen LogP) is 1.29. The van der Waals surface area contributed by atoms with Gasteiger partial charge in [0.2, 0.25) is 0 Å². The van der Waals surface area contributed by atoms with E-state index in [9.17, 15) is 14.7 Å². The van der Waals surface area contributed by atoms with Crippen molar-refractivity contribution in [2.45, 2.75) is 26.1 Å². The van der Waals surface area contributed by atoms with Crippen molar-refractivity contribution in [1.29, 1.82) is 5.26 Å². The second kappa shape index (κ2) is 6.60. The number of aryl methyl sites for hydroxylation is 1. The number of halogens is 1. The molecule has 0 radical (unpaired) electrons. The lowest BCUT2D eigenvalue weighted by Crippen LogP contribution is -2.41. The monoisotopic (exact) mass is 319 g/mol. The number of benzene rings is 1. The molecule has 0 bridgehead atoms. The first-order chi connectivity index (χ1) is 10.5.